The molecular weight excluding hydrogens is 236 g/mol. The molecule has 19 heavy (non-hydrogen) atoms. The SMILES string of the molecule is CCCCCCCC[C@H]1C[C@H](C)CC[C@@H]1OC(C)=O. The van der Waals surface area contributed by atoms with E-state index >= 15 is 0 Å². The van der Waals surface area contributed by atoms with E-state index in [4.69, 9.17) is 4.74 Å². The van der Waals surface area contributed by atoms with E-state index in [0.29, 0.717) is 5.92 Å². The predicted molar refractivity (Wildman–Crippen MR) is 80.1 cm³/mol. The van der Waals surface area contributed by atoms with Gasteiger partial charge in [0.15, 0.2) is 0 Å². The van der Waals surface area contributed by atoms with Crippen molar-refractivity contribution in [1.82, 2.24) is 0 Å². The Morgan fingerprint density at radius 3 is 2.47 bits per heavy atom. The van der Waals surface area contributed by atoms with E-state index in [1.54, 1.807) is 6.92 Å². The molecule has 0 bridgehead atoms. The zero-order chi connectivity index (χ0) is 14.1. The lowest BCUT2D eigenvalue weighted by atomic mass is 9.78. The van der Waals surface area contributed by atoms with Gasteiger partial charge in [0, 0.05) is 6.92 Å². The van der Waals surface area contributed by atoms with Crippen LogP contribution in [-0.2, 0) is 9.53 Å². The van der Waals surface area contributed by atoms with Crippen LogP contribution in [0.3, 0.4) is 0 Å². The first-order chi connectivity index (χ1) is 9.13. The summed E-state index contributed by atoms with van der Waals surface area (Å²) in [5, 5.41) is 0. The largest absolute Gasteiger partial charge is 0.462 e. The molecule has 0 aromatic rings. The van der Waals surface area contributed by atoms with Gasteiger partial charge in [0.25, 0.3) is 0 Å². The van der Waals surface area contributed by atoms with Crippen LogP contribution in [0.15, 0.2) is 0 Å². The summed E-state index contributed by atoms with van der Waals surface area (Å²) in [5.41, 5.74) is 0. The molecule has 1 fully saturated rings. The molecule has 0 amide bonds. The number of ether oxygens (including phenoxy) is 1. The Labute approximate surface area is 119 Å². The Kier molecular flexibility index (Phi) is 8.16. The van der Waals surface area contributed by atoms with Crippen LogP contribution in [-0.4, -0.2) is 12.1 Å². The Bertz CT molecular complexity index is 250. The van der Waals surface area contributed by atoms with Crippen molar-refractivity contribution in [2.24, 2.45) is 11.8 Å². The summed E-state index contributed by atoms with van der Waals surface area (Å²) in [4.78, 5) is 11.2. The average molecular weight is 268 g/mol. The predicted octanol–water partition coefficient (Wildman–Crippen LogP) is 5.10. The van der Waals surface area contributed by atoms with Crippen molar-refractivity contribution in [3.63, 3.8) is 0 Å². The summed E-state index contributed by atoms with van der Waals surface area (Å²) in [5.74, 6) is 1.31. The molecule has 0 aliphatic heterocycles. The fourth-order valence-corrected chi connectivity index (χ4v) is 3.33. The van der Waals surface area contributed by atoms with E-state index in [2.05, 4.69) is 13.8 Å². The molecule has 1 aliphatic carbocycles. The maximum absolute atomic E-state index is 11.2. The van der Waals surface area contributed by atoms with Crippen molar-refractivity contribution in [3.05, 3.63) is 0 Å². The third-order valence-corrected chi connectivity index (χ3v) is 4.42. The van der Waals surface area contributed by atoms with E-state index in [1.165, 1.54) is 57.8 Å². The van der Waals surface area contributed by atoms with E-state index < -0.39 is 0 Å². The lowest BCUT2D eigenvalue weighted by Gasteiger charge is -2.34. The van der Waals surface area contributed by atoms with Crippen LogP contribution in [0.5, 0.6) is 0 Å². The molecule has 0 heterocycles. The number of hydrogen-bond acceptors (Lipinski definition) is 2. The standard InChI is InChI=1S/C17H32O2/c1-4-5-6-7-8-9-10-16-13-14(2)11-12-17(16)19-15(3)18/h14,16-17H,4-13H2,1-3H3/t14-,16+,17+/m1/s1. The number of rotatable bonds is 8. The van der Waals surface area contributed by atoms with Gasteiger partial charge in [-0.3, -0.25) is 4.79 Å². The number of esters is 1. The van der Waals surface area contributed by atoms with Crippen molar-refractivity contribution in [2.75, 3.05) is 0 Å². The monoisotopic (exact) mass is 268 g/mol. The molecule has 0 aromatic heterocycles. The van der Waals surface area contributed by atoms with Gasteiger partial charge >= 0.3 is 5.97 Å². The Hall–Kier alpha value is -0.530. The van der Waals surface area contributed by atoms with E-state index in [9.17, 15) is 4.79 Å². The molecule has 0 aromatic carbocycles. The molecular formula is C17H32O2. The lowest BCUT2D eigenvalue weighted by molar-refractivity contribution is -0.151. The topological polar surface area (TPSA) is 26.3 Å². The minimum Gasteiger partial charge on any atom is -0.462 e. The first-order valence-electron chi connectivity index (χ1n) is 8.30. The number of carbonyl (C=O) groups is 1. The minimum atomic E-state index is -0.104. The maximum atomic E-state index is 11.2. The molecule has 2 nitrogen and oxygen atoms in total. The third-order valence-electron chi connectivity index (χ3n) is 4.42. The zero-order valence-corrected chi connectivity index (χ0v) is 13.1. The molecule has 1 aliphatic rings. The minimum absolute atomic E-state index is 0.104. The molecule has 2 heteroatoms. The summed E-state index contributed by atoms with van der Waals surface area (Å²) in [6, 6.07) is 0. The summed E-state index contributed by atoms with van der Waals surface area (Å²) >= 11 is 0. The van der Waals surface area contributed by atoms with Crippen LogP contribution < -0.4 is 0 Å². The van der Waals surface area contributed by atoms with Crippen LogP contribution in [0, 0.1) is 11.8 Å². The molecule has 0 spiro atoms. The van der Waals surface area contributed by atoms with Gasteiger partial charge in [0.1, 0.15) is 6.10 Å². The second kappa shape index (κ2) is 9.39. The van der Waals surface area contributed by atoms with Crippen molar-refractivity contribution >= 4 is 5.97 Å². The molecule has 0 saturated heterocycles. The molecule has 0 radical (unpaired) electrons. The van der Waals surface area contributed by atoms with Crippen molar-refractivity contribution in [1.29, 1.82) is 0 Å². The van der Waals surface area contributed by atoms with E-state index in [0.717, 1.165) is 12.3 Å². The second-order valence-corrected chi connectivity index (χ2v) is 6.38. The van der Waals surface area contributed by atoms with Gasteiger partial charge in [-0.2, -0.15) is 0 Å². The van der Waals surface area contributed by atoms with Crippen molar-refractivity contribution in [3.8, 4) is 0 Å². The highest BCUT2D eigenvalue weighted by atomic mass is 16.5. The lowest BCUT2D eigenvalue weighted by Crippen LogP contribution is -2.32. The second-order valence-electron chi connectivity index (χ2n) is 6.38. The van der Waals surface area contributed by atoms with Crippen LogP contribution in [0.4, 0.5) is 0 Å². The van der Waals surface area contributed by atoms with Crippen LogP contribution in [0.2, 0.25) is 0 Å². The first kappa shape index (κ1) is 16.5. The average Bonchev–Trinajstić information content (AvgIpc) is 2.36. The van der Waals surface area contributed by atoms with Crippen molar-refractivity contribution in [2.45, 2.75) is 91.1 Å². The highest BCUT2D eigenvalue weighted by Gasteiger charge is 2.30. The summed E-state index contributed by atoms with van der Waals surface area (Å²) in [7, 11) is 0. The van der Waals surface area contributed by atoms with Crippen molar-refractivity contribution < 1.29 is 9.53 Å². The van der Waals surface area contributed by atoms with Crippen LogP contribution in [0.25, 0.3) is 0 Å². The summed E-state index contributed by atoms with van der Waals surface area (Å²) in [6.07, 6.45) is 13.1. The van der Waals surface area contributed by atoms with Gasteiger partial charge in [0.05, 0.1) is 0 Å². The summed E-state index contributed by atoms with van der Waals surface area (Å²) < 4.78 is 5.51. The normalized spacial score (nSPS) is 27.2. The molecule has 3 atom stereocenters. The molecule has 1 saturated carbocycles. The van der Waals surface area contributed by atoms with Gasteiger partial charge in [-0.15, -0.1) is 0 Å². The van der Waals surface area contributed by atoms with Crippen LogP contribution >= 0.6 is 0 Å². The van der Waals surface area contributed by atoms with Crippen LogP contribution in [0.1, 0.15) is 85.0 Å². The quantitative estimate of drug-likeness (QED) is 0.452. The molecule has 1 rings (SSSR count). The number of unbranched alkanes of at least 4 members (excludes halogenated alkanes) is 5. The van der Waals surface area contributed by atoms with Gasteiger partial charge in [-0.25, -0.2) is 0 Å². The smallest absolute Gasteiger partial charge is 0.302 e. The molecule has 0 unspecified atom stereocenters. The Balaban J connectivity index is 2.24. The van der Waals surface area contributed by atoms with E-state index in [-0.39, 0.29) is 12.1 Å². The third kappa shape index (κ3) is 6.98. The fourth-order valence-electron chi connectivity index (χ4n) is 3.33. The van der Waals surface area contributed by atoms with Gasteiger partial charge in [-0.1, -0.05) is 52.4 Å². The molecule has 112 valence electrons. The fraction of sp³-hybridized carbons (Fsp3) is 0.941. The van der Waals surface area contributed by atoms with E-state index in [1.807, 2.05) is 0 Å². The van der Waals surface area contributed by atoms with Gasteiger partial charge < -0.3 is 4.74 Å². The Morgan fingerprint density at radius 1 is 1.11 bits per heavy atom. The van der Waals surface area contributed by atoms with Gasteiger partial charge in [-0.05, 0) is 37.5 Å². The van der Waals surface area contributed by atoms with Gasteiger partial charge in [0.2, 0.25) is 0 Å². The highest BCUT2D eigenvalue weighted by molar-refractivity contribution is 5.66. The number of carbonyl (C=O) groups excluding carboxylic acids is 1. The molecule has 0 N–H and O–H groups in total. The summed E-state index contributed by atoms with van der Waals surface area (Å²) in [6.45, 7) is 6.13. The highest BCUT2D eigenvalue weighted by Crippen LogP contribution is 2.34. The zero-order valence-electron chi connectivity index (χ0n) is 13.1. The maximum Gasteiger partial charge on any atom is 0.302 e. The first-order valence-corrected chi connectivity index (χ1v) is 8.30. The Morgan fingerprint density at radius 2 is 1.79 bits per heavy atom. The number of hydrogen-bond donors (Lipinski definition) is 0.